The highest BCUT2D eigenvalue weighted by Crippen LogP contribution is 2.55. The second kappa shape index (κ2) is 3.89. The Morgan fingerprint density at radius 2 is 1.63 bits per heavy atom. The first kappa shape index (κ1) is 11.2. The molecular formula is C17H15FO. The normalized spacial score (nSPS) is 28.4. The average Bonchev–Trinajstić information content (AvgIpc) is 3.05. The number of carbonyl (C=O) groups excluding carboxylic acids is 1. The van der Waals surface area contributed by atoms with Gasteiger partial charge in [0.05, 0.1) is 0 Å². The van der Waals surface area contributed by atoms with E-state index in [1.807, 2.05) is 18.2 Å². The lowest BCUT2D eigenvalue weighted by Gasteiger charge is -2.13. The van der Waals surface area contributed by atoms with Crippen LogP contribution in [0.15, 0.2) is 36.4 Å². The number of fused-ring (bicyclic) bond motifs is 2. The van der Waals surface area contributed by atoms with E-state index in [1.165, 1.54) is 12.5 Å². The van der Waals surface area contributed by atoms with Crippen molar-refractivity contribution in [1.82, 2.24) is 0 Å². The van der Waals surface area contributed by atoms with Gasteiger partial charge in [-0.15, -0.1) is 0 Å². The average molecular weight is 254 g/mol. The lowest BCUT2D eigenvalue weighted by atomic mass is 9.90. The molecule has 0 heterocycles. The fraction of sp³-hybridized carbons (Fsp3) is 0.353. The molecule has 2 unspecified atom stereocenters. The van der Waals surface area contributed by atoms with E-state index in [0.29, 0.717) is 10.9 Å². The predicted octanol–water partition coefficient (Wildman–Crippen LogP) is 4.21. The fourth-order valence-electron chi connectivity index (χ4n) is 3.63. The number of ketones is 1. The van der Waals surface area contributed by atoms with Crippen molar-refractivity contribution in [2.45, 2.75) is 19.3 Å². The smallest absolute Gasteiger partial charge is 0.166 e. The van der Waals surface area contributed by atoms with Crippen LogP contribution >= 0.6 is 0 Å². The van der Waals surface area contributed by atoms with Gasteiger partial charge in [0, 0.05) is 16.9 Å². The van der Waals surface area contributed by atoms with Crippen LogP contribution in [0.3, 0.4) is 0 Å². The van der Waals surface area contributed by atoms with Crippen LogP contribution in [-0.2, 0) is 0 Å². The summed E-state index contributed by atoms with van der Waals surface area (Å²) in [4.78, 5) is 12.6. The molecule has 0 amide bonds. The predicted molar refractivity (Wildman–Crippen MR) is 72.6 cm³/mol. The zero-order valence-corrected chi connectivity index (χ0v) is 10.6. The summed E-state index contributed by atoms with van der Waals surface area (Å²) in [6.07, 6.45) is 3.39. The number of hydrogen-bond donors (Lipinski definition) is 0. The van der Waals surface area contributed by atoms with Gasteiger partial charge in [-0.05, 0) is 48.6 Å². The van der Waals surface area contributed by atoms with Crippen molar-refractivity contribution in [3.63, 3.8) is 0 Å². The summed E-state index contributed by atoms with van der Waals surface area (Å²) >= 11 is 0. The Bertz CT molecular complexity index is 666. The third kappa shape index (κ3) is 1.70. The topological polar surface area (TPSA) is 17.1 Å². The number of Topliss-reactive ketones (excluding diaryl/α,β-unsaturated/α-hetero) is 1. The summed E-state index contributed by atoms with van der Waals surface area (Å²) in [5.41, 5.74) is 0.698. The highest BCUT2D eigenvalue weighted by Gasteiger charge is 2.48. The standard InChI is InChI=1S/C17H15FO/c18-16-6-5-15(13-3-1-2-4-14(13)16)17(19)12-8-10-7-11(10)9-12/h1-6,10-12H,7-9H2. The van der Waals surface area contributed by atoms with E-state index in [1.54, 1.807) is 12.1 Å². The quantitative estimate of drug-likeness (QED) is 0.734. The molecule has 0 bridgehead atoms. The third-order valence-corrected chi connectivity index (χ3v) is 4.75. The first-order chi connectivity index (χ1) is 9.24. The van der Waals surface area contributed by atoms with Crippen LogP contribution in [0, 0.1) is 23.6 Å². The van der Waals surface area contributed by atoms with E-state index in [0.717, 1.165) is 30.1 Å². The SMILES string of the molecule is O=C(c1ccc(F)c2ccccc12)C1CC2CC2C1. The maximum atomic E-state index is 13.8. The second-order valence-corrected chi connectivity index (χ2v) is 5.93. The number of carbonyl (C=O) groups is 1. The van der Waals surface area contributed by atoms with Gasteiger partial charge in [0.1, 0.15) is 5.82 Å². The van der Waals surface area contributed by atoms with Crippen LogP contribution in [0.4, 0.5) is 4.39 Å². The van der Waals surface area contributed by atoms with Gasteiger partial charge in [-0.25, -0.2) is 4.39 Å². The maximum absolute atomic E-state index is 13.8. The summed E-state index contributed by atoms with van der Waals surface area (Å²) in [5, 5.41) is 1.31. The van der Waals surface area contributed by atoms with Crippen molar-refractivity contribution in [2.24, 2.45) is 17.8 Å². The van der Waals surface area contributed by atoms with E-state index >= 15 is 0 Å². The van der Waals surface area contributed by atoms with Crippen LogP contribution in [0.2, 0.25) is 0 Å². The number of hydrogen-bond acceptors (Lipinski definition) is 1. The molecule has 1 nitrogen and oxygen atoms in total. The Labute approximate surface area is 111 Å². The minimum atomic E-state index is -0.249. The Morgan fingerprint density at radius 3 is 2.37 bits per heavy atom. The molecule has 2 aliphatic rings. The first-order valence-corrected chi connectivity index (χ1v) is 6.95. The van der Waals surface area contributed by atoms with Gasteiger partial charge in [0.15, 0.2) is 5.78 Å². The minimum Gasteiger partial charge on any atom is -0.294 e. The molecule has 2 saturated carbocycles. The first-order valence-electron chi connectivity index (χ1n) is 6.95. The number of benzene rings is 2. The van der Waals surface area contributed by atoms with Crippen LogP contribution in [0.25, 0.3) is 10.8 Å². The third-order valence-electron chi connectivity index (χ3n) is 4.75. The maximum Gasteiger partial charge on any atom is 0.166 e. The van der Waals surface area contributed by atoms with Crippen molar-refractivity contribution in [3.8, 4) is 0 Å². The lowest BCUT2D eigenvalue weighted by Crippen LogP contribution is -2.13. The van der Waals surface area contributed by atoms with E-state index in [4.69, 9.17) is 0 Å². The molecule has 2 aromatic rings. The van der Waals surface area contributed by atoms with Crippen molar-refractivity contribution in [3.05, 3.63) is 47.8 Å². The number of halogens is 1. The zero-order valence-electron chi connectivity index (χ0n) is 10.6. The largest absolute Gasteiger partial charge is 0.294 e. The van der Waals surface area contributed by atoms with Gasteiger partial charge in [-0.3, -0.25) is 4.79 Å². The molecule has 96 valence electrons. The molecule has 0 spiro atoms. The van der Waals surface area contributed by atoms with Gasteiger partial charge in [0.25, 0.3) is 0 Å². The molecule has 0 N–H and O–H groups in total. The van der Waals surface area contributed by atoms with Gasteiger partial charge in [0.2, 0.25) is 0 Å². The second-order valence-electron chi connectivity index (χ2n) is 5.93. The van der Waals surface area contributed by atoms with Crippen molar-refractivity contribution < 1.29 is 9.18 Å². The molecule has 4 rings (SSSR count). The lowest BCUT2D eigenvalue weighted by molar-refractivity contribution is 0.0916. The van der Waals surface area contributed by atoms with Gasteiger partial charge < -0.3 is 0 Å². The number of rotatable bonds is 2. The summed E-state index contributed by atoms with van der Waals surface area (Å²) in [7, 11) is 0. The minimum absolute atomic E-state index is 0.164. The molecule has 19 heavy (non-hydrogen) atoms. The molecule has 0 radical (unpaired) electrons. The van der Waals surface area contributed by atoms with E-state index in [2.05, 4.69) is 0 Å². The Kier molecular flexibility index (Phi) is 2.29. The summed E-state index contributed by atoms with van der Waals surface area (Å²) in [5.74, 6) is 1.71. The molecule has 2 aromatic carbocycles. The van der Waals surface area contributed by atoms with Crippen LogP contribution in [-0.4, -0.2) is 5.78 Å². The monoisotopic (exact) mass is 254 g/mol. The van der Waals surface area contributed by atoms with Gasteiger partial charge in [-0.1, -0.05) is 24.3 Å². The van der Waals surface area contributed by atoms with E-state index < -0.39 is 0 Å². The van der Waals surface area contributed by atoms with Crippen LogP contribution < -0.4 is 0 Å². The summed E-state index contributed by atoms with van der Waals surface area (Å²) in [6.45, 7) is 0. The van der Waals surface area contributed by atoms with Crippen molar-refractivity contribution in [1.29, 1.82) is 0 Å². The van der Waals surface area contributed by atoms with Crippen molar-refractivity contribution >= 4 is 16.6 Å². The fourth-order valence-corrected chi connectivity index (χ4v) is 3.63. The Hall–Kier alpha value is -1.70. The summed E-state index contributed by atoms with van der Waals surface area (Å²) < 4.78 is 13.8. The van der Waals surface area contributed by atoms with Crippen LogP contribution in [0.1, 0.15) is 29.6 Å². The molecule has 2 atom stereocenters. The molecule has 2 heteroatoms. The summed E-state index contributed by atoms with van der Waals surface area (Å²) in [6, 6.07) is 10.3. The molecule has 2 fully saturated rings. The van der Waals surface area contributed by atoms with Crippen LogP contribution in [0.5, 0.6) is 0 Å². The van der Waals surface area contributed by atoms with E-state index in [9.17, 15) is 9.18 Å². The molecule has 0 aromatic heterocycles. The Morgan fingerprint density at radius 1 is 0.947 bits per heavy atom. The Balaban J connectivity index is 1.78. The van der Waals surface area contributed by atoms with Gasteiger partial charge >= 0.3 is 0 Å². The highest BCUT2D eigenvalue weighted by molar-refractivity contribution is 6.09. The van der Waals surface area contributed by atoms with Crippen molar-refractivity contribution in [2.75, 3.05) is 0 Å². The molecule has 2 aliphatic carbocycles. The van der Waals surface area contributed by atoms with E-state index in [-0.39, 0.29) is 17.5 Å². The highest BCUT2D eigenvalue weighted by atomic mass is 19.1. The van der Waals surface area contributed by atoms with Gasteiger partial charge in [-0.2, -0.15) is 0 Å². The molecule has 0 aliphatic heterocycles. The zero-order chi connectivity index (χ0) is 13.0. The molecule has 0 saturated heterocycles. The molecular weight excluding hydrogens is 239 g/mol.